The molecule has 102 valence electrons. The first kappa shape index (κ1) is 14.8. The second kappa shape index (κ2) is 7.24. The van der Waals surface area contributed by atoms with E-state index in [0.29, 0.717) is 5.92 Å². The molecule has 4 heteroatoms. The lowest BCUT2D eigenvalue weighted by molar-refractivity contribution is 0.312. The van der Waals surface area contributed by atoms with Crippen molar-refractivity contribution in [3.05, 3.63) is 23.8 Å². The second-order valence-electron chi connectivity index (χ2n) is 4.30. The van der Waals surface area contributed by atoms with Crippen LogP contribution in [0.15, 0.2) is 18.2 Å². The van der Waals surface area contributed by atoms with E-state index in [1.165, 1.54) is 0 Å². The zero-order valence-electron chi connectivity index (χ0n) is 11.7. The summed E-state index contributed by atoms with van der Waals surface area (Å²) < 4.78 is 10.9. The van der Waals surface area contributed by atoms with Crippen LogP contribution < -0.4 is 20.7 Å². The molecular formula is C14H24N2O2. The van der Waals surface area contributed by atoms with Crippen LogP contribution in [0.1, 0.15) is 38.3 Å². The highest BCUT2D eigenvalue weighted by atomic mass is 16.5. The molecule has 0 aromatic heterocycles. The maximum absolute atomic E-state index is 5.74. The Kier molecular flexibility index (Phi) is 5.95. The Balaban J connectivity index is 3.25. The highest BCUT2D eigenvalue weighted by Crippen LogP contribution is 2.38. The van der Waals surface area contributed by atoms with Crippen molar-refractivity contribution in [1.82, 2.24) is 5.43 Å². The van der Waals surface area contributed by atoms with Gasteiger partial charge in [-0.3, -0.25) is 11.3 Å². The van der Waals surface area contributed by atoms with Gasteiger partial charge in [0.15, 0.2) is 0 Å². The maximum atomic E-state index is 5.74. The van der Waals surface area contributed by atoms with Crippen LogP contribution in [0.2, 0.25) is 0 Å². The Morgan fingerprint density at radius 3 is 1.94 bits per heavy atom. The quantitative estimate of drug-likeness (QED) is 0.578. The minimum absolute atomic E-state index is 0.0334. The van der Waals surface area contributed by atoms with Gasteiger partial charge in [0, 0.05) is 0 Å². The van der Waals surface area contributed by atoms with Crippen LogP contribution in [0, 0.1) is 5.92 Å². The number of rotatable bonds is 7. The molecule has 0 radical (unpaired) electrons. The highest BCUT2D eigenvalue weighted by molar-refractivity contribution is 5.47. The number of benzene rings is 1. The van der Waals surface area contributed by atoms with Gasteiger partial charge in [-0.2, -0.15) is 0 Å². The average molecular weight is 252 g/mol. The van der Waals surface area contributed by atoms with Gasteiger partial charge in [0.25, 0.3) is 0 Å². The predicted octanol–water partition coefficient (Wildman–Crippen LogP) is 2.64. The molecule has 0 bridgehead atoms. The number of nitrogens with one attached hydrogen (secondary N) is 1. The van der Waals surface area contributed by atoms with Gasteiger partial charge in [-0.05, 0) is 18.1 Å². The van der Waals surface area contributed by atoms with E-state index in [0.717, 1.165) is 29.9 Å². The van der Waals surface area contributed by atoms with Crippen molar-refractivity contribution in [2.24, 2.45) is 11.8 Å². The first-order valence-corrected chi connectivity index (χ1v) is 6.40. The van der Waals surface area contributed by atoms with Crippen molar-refractivity contribution in [1.29, 1.82) is 0 Å². The molecule has 4 nitrogen and oxygen atoms in total. The molecule has 0 saturated carbocycles. The van der Waals surface area contributed by atoms with E-state index in [9.17, 15) is 0 Å². The van der Waals surface area contributed by atoms with E-state index in [2.05, 4.69) is 19.3 Å². The number of ether oxygens (including phenoxy) is 2. The second-order valence-corrected chi connectivity index (χ2v) is 4.30. The Morgan fingerprint density at radius 2 is 1.61 bits per heavy atom. The molecule has 0 aliphatic rings. The van der Waals surface area contributed by atoms with Gasteiger partial charge in [-0.1, -0.05) is 32.8 Å². The molecule has 1 aromatic carbocycles. The summed E-state index contributed by atoms with van der Waals surface area (Å²) in [5, 5.41) is 0. The monoisotopic (exact) mass is 252 g/mol. The molecule has 1 unspecified atom stereocenters. The van der Waals surface area contributed by atoms with Crippen LogP contribution in [-0.2, 0) is 0 Å². The normalized spacial score (nSPS) is 12.6. The third-order valence-electron chi connectivity index (χ3n) is 3.48. The number of hydrazine groups is 1. The smallest absolute Gasteiger partial charge is 0.127 e. The van der Waals surface area contributed by atoms with E-state index in [1.807, 2.05) is 18.2 Å². The third-order valence-corrected chi connectivity index (χ3v) is 3.48. The van der Waals surface area contributed by atoms with E-state index >= 15 is 0 Å². The summed E-state index contributed by atoms with van der Waals surface area (Å²) >= 11 is 0. The highest BCUT2D eigenvalue weighted by Gasteiger charge is 2.25. The van der Waals surface area contributed by atoms with Crippen molar-refractivity contribution in [2.45, 2.75) is 32.7 Å². The van der Waals surface area contributed by atoms with Crippen molar-refractivity contribution in [2.75, 3.05) is 14.2 Å². The molecule has 0 aliphatic carbocycles. The Labute approximate surface area is 109 Å². The maximum Gasteiger partial charge on any atom is 0.127 e. The standard InChI is InChI=1S/C14H24N2O2/c1-5-10(6-2)14(16-15)13-11(17-3)8-7-9-12(13)18-4/h7-10,14,16H,5-6,15H2,1-4H3. The number of nitrogens with two attached hydrogens (primary N) is 1. The van der Waals surface area contributed by atoms with Gasteiger partial charge in [0.2, 0.25) is 0 Å². The fourth-order valence-corrected chi connectivity index (χ4v) is 2.40. The van der Waals surface area contributed by atoms with E-state index in [1.54, 1.807) is 14.2 Å². The third kappa shape index (κ3) is 2.94. The number of methoxy groups -OCH3 is 2. The molecular weight excluding hydrogens is 228 g/mol. The van der Waals surface area contributed by atoms with Crippen LogP contribution >= 0.6 is 0 Å². The van der Waals surface area contributed by atoms with E-state index in [4.69, 9.17) is 15.3 Å². The van der Waals surface area contributed by atoms with Crippen LogP contribution in [-0.4, -0.2) is 14.2 Å². The summed E-state index contributed by atoms with van der Waals surface area (Å²) in [7, 11) is 3.33. The van der Waals surface area contributed by atoms with Crippen LogP contribution in [0.5, 0.6) is 11.5 Å². The van der Waals surface area contributed by atoms with Gasteiger partial charge < -0.3 is 9.47 Å². The van der Waals surface area contributed by atoms with Crippen LogP contribution in [0.3, 0.4) is 0 Å². The minimum atomic E-state index is 0.0334. The summed E-state index contributed by atoms with van der Waals surface area (Å²) in [5.41, 5.74) is 3.91. The lowest BCUT2D eigenvalue weighted by atomic mass is 9.88. The SMILES string of the molecule is CCC(CC)C(NN)c1c(OC)cccc1OC. The Morgan fingerprint density at radius 1 is 1.11 bits per heavy atom. The van der Waals surface area contributed by atoms with Crippen molar-refractivity contribution < 1.29 is 9.47 Å². The molecule has 18 heavy (non-hydrogen) atoms. The first-order valence-electron chi connectivity index (χ1n) is 6.40. The largest absolute Gasteiger partial charge is 0.496 e. The van der Waals surface area contributed by atoms with Crippen molar-refractivity contribution >= 4 is 0 Å². The van der Waals surface area contributed by atoms with Crippen molar-refractivity contribution in [3.63, 3.8) is 0 Å². The predicted molar refractivity (Wildman–Crippen MR) is 73.7 cm³/mol. The Bertz CT molecular complexity index is 343. The summed E-state index contributed by atoms with van der Waals surface area (Å²) in [5.74, 6) is 7.81. The summed E-state index contributed by atoms with van der Waals surface area (Å²) in [6.07, 6.45) is 2.10. The molecule has 0 aliphatic heterocycles. The zero-order valence-corrected chi connectivity index (χ0v) is 11.7. The zero-order chi connectivity index (χ0) is 13.5. The number of hydrogen-bond donors (Lipinski definition) is 2. The van der Waals surface area contributed by atoms with Gasteiger partial charge in [0.05, 0.1) is 25.8 Å². The fraction of sp³-hybridized carbons (Fsp3) is 0.571. The molecule has 0 heterocycles. The topological polar surface area (TPSA) is 56.5 Å². The Hall–Kier alpha value is -1.26. The van der Waals surface area contributed by atoms with E-state index < -0.39 is 0 Å². The molecule has 1 aromatic rings. The molecule has 0 amide bonds. The molecule has 1 atom stereocenters. The van der Waals surface area contributed by atoms with Crippen molar-refractivity contribution in [3.8, 4) is 11.5 Å². The lowest BCUT2D eigenvalue weighted by Crippen LogP contribution is -2.33. The van der Waals surface area contributed by atoms with Gasteiger partial charge >= 0.3 is 0 Å². The van der Waals surface area contributed by atoms with Gasteiger partial charge in [-0.25, -0.2) is 0 Å². The summed E-state index contributed by atoms with van der Waals surface area (Å²) in [4.78, 5) is 0. The average Bonchev–Trinajstić information content (AvgIpc) is 2.43. The van der Waals surface area contributed by atoms with Crippen LogP contribution in [0.4, 0.5) is 0 Å². The molecule has 0 fully saturated rings. The fourth-order valence-electron chi connectivity index (χ4n) is 2.40. The number of hydrogen-bond acceptors (Lipinski definition) is 4. The first-order chi connectivity index (χ1) is 8.73. The van der Waals surface area contributed by atoms with Gasteiger partial charge in [-0.15, -0.1) is 0 Å². The minimum Gasteiger partial charge on any atom is -0.496 e. The van der Waals surface area contributed by atoms with Crippen LogP contribution in [0.25, 0.3) is 0 Å². The van der Waals surface area contributed by atoms with Gasteiger partial charge in [0.1, 0.15) is 11.5 Å². The lowest BCUT2D eigenvalue weighted by Gasteiger charge is -2.27. The summed E-state index contributed by atoms with van der Waals surface area (Å²) in [6.45, 7) is 4.33. The summed E-state index contributed by atoms with van der Waals surface area (Å²) in [6, 6.07) is 5.82. The molecule has 0 spiro atoms. The molecule has 0 saturated heterocycles. The van der Waals surface area contributed by atoms with E-state index in [-0.39, 0.29) is 6.04 Å². The molecule has 3 N–H and O–H groups in total. The molecule has 1 rings (SSSR count).